The molecule has 0 saturated carbocycles. The monoisotopic (exact) mass is 543 g/mol. The molecule has 0 radical (unpaired) electrons. The largest absolute Gasteiger partial charge is 0.276 e. The molecule has 1 N–H and O–H groups in total. The second kappa shape index (κ2) is 10.2. The molecule has 3 aromatic carbocycles. The number of hydroxylamine groups is 1. The summed E-state index contributed by atoms with van der Waals surface area (Å²) in [6.45, 7) is 6.31. The number of rotatable bonds is 10. The Labute approximate surface area is 237 Å². The van der Waals surface area contributed by atoms with Crippen molar-refractivity contribution in [3.05, 3.63) is 95.3 Å². The van der Waals surface area contributed by atoms with E-state index >= 15 is 0 Å². The Hall–Kier alpha value is -3.62. The fourth-order valence-corrected chi connectivity index (χ4v) is 8.40. The van der Waals surface area contributed by atoms with Crippen molar-refractivity contribution in [1.82, 2.24) is 5.48 Å². The van der Waals surface area contributed by atoms with Gasteiger partial charge in [0.15, 0.2) is 0 Å². The van der Waals surface area contributed by atoms with Crippen LogP contribution < -0.4 is 5.48 Å². The standard InChI is InChI=1S/C35H29NOS2/c1-3-4-18-36-37-19-8-6-5-7-9-24-20-29-25-14-17-28-33-26(15-16-27(32(25)33)34(29)38-24)30-21-31(39-35(28)30)23-12-10-22(2)11-13-23/h10-18,20-21,36H,1,5-9,19H2,2H3. The average Bonchev–Trinajstić information content (AvgIpc) is 3.69. The Bertz CT molecular complexity index is 1730. The number of benzene rings is 3. The number of hydrogen-bond donors (Lipinski definition) is 1. The average molecular weight is 544 g/mol. The topological polar surface area (TPSA) is 21.3 Å². The summed E-state index contributed by atoms with van der Waals surface area (Å²) in [5, 5.41) is 2.92. The van der Waals surface area contributed by atoms with Crippen LogP contribution in [0.4, 0.5) is 0 Å². The third kappa shape index (κ3) is 4.22. The van der Waals surface area contributed by atoms with Crippen molar-refractivity contribution in [2.75, 3.05) is 6.61 Å². The fourth-order valence-electron chi connectivity index (χ4n) is 5.95. The van der Waals surface area contributed by atoms with Gasteiger partial charge < -0.3 is 0 Å². The summed E-state index contributed by atoms with van der Waals surface area (Å²) >= 11 is 3.93. The van der Waals surface area contributed by atoms with Gasteiger partial charge in [-0.15, -0.1) is 22.7 Å². The van der Waals surface area contributed by atoms with Crippen LogP contribution in [0.5, 0.6) is 0 Å². The lowest BCUT2D eigenvalue weighted by Gasteiger charge is -2.07. The van der Waals surface area contributed by atoms with Crippen molar-refractivity contribution in [1.29, 1.82) is 0 Å². The van der Waals surface area contributed by atoms with Gasteiger partial charge in [-0.3, -0.25) is 10.3 Å². The summed E-state index contributed by atoms with van der Waals surface area (Å²) in [6, 6.07) is 23.3. The Morgan fingerprint density at radius 3 is 2.18 bits per heavy atom. The Balaban J connectivity index is 1.07. The van der Waals surface area contributed by atoms with Gasteiger partial charge >= 0.3 is 0 Å². The predicted octanol–water partition coefficient (Wildman–Crippen LogP) is 10.3. The highest BCUT2D eigenvalue weighted by Gasteiger charge is 2.31. The highest BCUT2D eigenvalue weighted by atomic mass is 32.1. The summed E-state index contributed by atoms with van der Waals surface area (Å²) < 4.78 is 0. The van der Waals surface area contributed by atoms with Gasteiger partial charge in [-0.05, 0) is 72.4 Å². The van der Waals surface area contributed by atoms with Crippen LogP contribution in [-0.2, 0) is 11.3 Å². The zero-order chi connectivity index (χ0) is 26.3. The first-order valence-electron chi connectivity index (χ1n) is 13.6. The normalized spacial score (nSPS) is 11.8. The summed E-state index contributed by atoms with van der Waals surface area (Å²) in [5.74, 6) is 0. The first-order chi connectivity index (χ1) is 19.2. The van der Waals surface area contributed by atoms with Crippen molar-refractivity contribution in [3.63, 3.8) is 0 Å². The zero-order valence-corrected chi connectivity index (χ0v) is 23.7. The van der Waals surface area contributed by atoms with E-state index in [4.69, 9.17) is 4.84 Å². The van der Waals surface area contributed by atoms with Gasteiger partial charge in [0.25, 0.3) is 0 Å². The molecule has 2 aromatic heterocycles. The molecule has 2 heterocycles. The molecule has 192 valence electrons. The number of nitrogens with one attached hydrogen (secondary N) is 1. The smallest absolute Gasteiger partial charge is 0.0746 e. The maximum Gasteiger partial charge on any atom is 0.0746 e. The predicted molar refractivity (Wildman–Crippen MR) is 167 cm³/mol. The van der Waals surface area contributed by atoms with Gasteiger partial charge in [0.05, 0.1) is 12.8 Å². The Morgan fingerprint density at radius 1 is 0.769 bits per heavy atom. The summed E-state index contributed by atoms with van der Waals surface area (Å²) in [5.41, 5.74) is 19.1. The maximum atomic E-state index is 5.34. The molecular weight excluding hydrogens is 515 g/mol. The van der Waals surface area contributed by atoms with E-state index in [1.807, 2.05) is 22.7 Å². The van der Waals surface area contributed by atoms with Crippen LogP contribution in [0.2, 0.25) is 0 Å². The van der Waals surface area contributed by atoms with E-state index in [-0.39, 0.29) is 0 Å². The first kappa shape index (κ1) is 24.4. The molecule has 0 saturated heterocycles. The van der Waals surface area contributed by atoms with Crippen LogP contribution in [0, 0.1) is 6.92 Å². The van der Waals surface area contributed by atoms with Crippen LogP contribution in [-0.4, -0.2) is 6.61 Å². The lowest BCUT2D eigenvalue weighted by atomic mass is 9.97. The van der Waals surface area contributed by atoms with Gasteiger partial charge in [0.1, 0.15) is 0 Å². The highest BCUT2D eigenvalue weighted by molar-refractivity contribution is 7.19. The molecule has 2 aliphatic carbocycles. The van der Waals surface area contributed by atoms with Gasteiger partial charge in [-0.1, -0.05) is 78.4 Å². The van der Waals surface area contributed by atoms with Crippen molar-refractivity contribution < 1.29 is 4.84 Å². The highest BCUT2D eigenvalue weighted by Crippen LogP contribution is 2.59. The SMILES string of the molecule is C=C=C=CNOCCCCCCc1cc2c(s1)-c1ccc3c4c(ccc-2c14)-c1sc(-c2ccc(C)cc2)cc1-3. The molecule has 4 heteroatoms. The number of aryl methyl sites for hydroxylation is 2. The van der Waals surface area contributed by atoms with Gasteiger partial charge in [0.2, 0.25) is 0 Å². The minimum atomic E-state index is 0.702. The van der Waals surface area contributed by atoms with Crippen LogP contribution in [0.3, 0.4) is 0 Å². The van der Waals surface area contributed by atoms with E-state index in [1.165, 1.54) is 94.1 Å². The maximum absolute atomic E-state index is 5.34. The van der Waals surface area contributed by atoms with Crippen LogP contribution in [0.1, 0.15) is 36.1 Å². The second-order valence-electron chi connectivity index (χ2n) is 10.3. The Morgan fingerprint density at radius 2 is 1.44 bits per heavy atom. The van der Waals surface area contributed by atoms with E-state index in [0.717, 1.165) is 12.8 Å². The first-order valence-corrected chi connectivity index (χ1v) is 15.3. The number of unbranched alkanes of at least 4 members (excludes halogenated alkanes) is 3. The molecule has 39 heavy (non-hydrogen) atoms. The number of fused-ring (bicyclic) bond motifs is 6. The summed E-state index contributed by atoms with van der Waals surface area (Å²) in [4.78, 5) is 11.1. The molecule has 0 spiro atoms. The van der Waals surface area contributed by atoms with Crippen LogP contribution in [0.15, 0.2) is 84.9 Å². The van der Waals surface area contributed by atoms with Crippen molar-refractivity contribution >= 4 is 33.4 Å². The van der Waals surface area contributed by atoms with Crippen LogP contribution in [0.25, 0.3) is 64.3 Å². The van der Waals surface area contributed by atoms with E-state index in [0.29, 0.717) is 6.61 Å². The van der Waals surface area contributed by atoms with Crippen LogP contribution >= 0.6 is 22.7 Å². The van der Waals surface area contributed by atoms with Gasteiger partial charge in [-0.2, -0.15) is 0 Å². The minimum Gasteiger partial charge on any atom is -0.276 e. The molecule has 2 nitrogen and oxygen atoms in total. The molecule has 0 unspecified atom stereocenters. The van der Waals surface area contributed by atoms with Gasteiger partial charge in [-0.25, -0.2) is 0 Å². The fraction of sp³-hybridized carbons (Fsp3) is 0.200. The van der Waals surface area contributed by atoms with Gasteiger partial charge in [0, 0.05) is 41.8 Å². The molecule has 0 atom stereocenters. The van der Waals surface area contributed by atoms with E-state index in [1.54, 1.807) is 6.20 Å². The number of hydrogen-bond acceptors (Lipinski definition) is 4. The molecule has 0 amide bonds. The molecule has 0 bridgehead atoms. The quantitative estimate of drug-likeness (QED) is 0.105. The molecule has 5 aromatic rings. The van der Waals surface area contributed by atoms with E-state index in [9.17, 15) is 0 Å². The van der Waals surface area contributed by atoms with E-state index < -0.39 is 0 Å². The lowest BCUT2D eigenvalue weighted by molar-refractivity contribution is 0.0682. The molecule has 2 aliphatic rings. The number of thiophene rings is 2. The molecule has 7 rings (SSSR count). The summed E-state index contributed by atoms with van der Waals surface area (Å²) in [6.07, 6.45) is 7.40. The molecule has 0 fully saturated rings. The van der Waals surface area contributed by atoms with E-state index in [2.05, 4.69) is 91.1 Å². The van der Waals surface area contributed by atoms with Crippen molar-refractivity contribution in [3.8, 4) is 53.6 Å². The summed E-state index contributed by atoms with van der Waals surface area (Å²) in [7, 11) is 0. The third-order valence-electron chi connectivity index (χ3n) is 7.82. The third-order valence-corrected chi connectivity index (χ3v) is 10.3. The minimum absolute atomic E-state index is 0.702. The van der Waals surface area contributed by atoms with Crippen molar-refractivity contribution in [2.24, 2.45) is 0 Å². The van der Waals surface area contributed by atoms with Crippen molar-refractivity contribution in [2.45, 2.75) is 39.0 Å². The second-order valence-corrected chi connectivity index (χ2v) is 12.5. The Kier molecular flexibility index (Phi) is 6.37. The lowest BCUT2D eigenvalue weighted by Crippen LogP contribution is -2.06. The molecule has 0 aliphatic heterocycles. The zero-order valence-electron chi connectivity index (χ0n) is 22.0. The molecular formula is C35H29NOS2.